The first kappa shape index (κ1) is 15.9. The van der Waals surface area contributed by atoms with Crippen LogP contribution in [0.25, 0.3) is 11.0 Å². The van der Waals surface area contributed by atoms with Crippen LogP contribution in [0.2, 0.25) is 0 Å². The Kier molecular flexibility index (Phi) is 6.11. The fourth-order valence-corrected chi connectivity index (χ4v) is 3.03. The maximum atomic E-state index is 11.8. The molecule has 4 nitrogen and oxygen atoms in total. The molecule has 0 radical (unpaired) electrons. The number of fused-ring (bicyclic) bond motifs is 1. The molecule has 0 atom stereocenters. The average molecular weight is 305 g/mol. The fraction of sp³-hybridized carbons (Fsp3) is 0.500. The van der Waals surface area contributed by atoms with E-state index in [9.17, 15) is 4.79 Å². The highest BCUT2D eigenvalue weighted by molar-refractivity contribution is 7.99. The Morgan fingerprint density at radius 2 is 2.10 bits per heavy atom. The monoisotopic (exact) mass is 305 g/mol. The summed E-state index contributed by atoms with van der Waals surface area (Å²) in [6, 6.07) is 8.02. The van der Waals surface area contributed by atoms with Crippen molar-refractivity contribution in [1.29, 1.82) is 0 Å². The number of benzene rings is 1. The number of aromatic nitrogens is 2. The molecule has 114 valence electrons. The van der Waals surface area contributed by atoms with Gasteiger partial charge in [0.2, 0.25) is 5.91 Å². The molecule has 1 aromatic carbocycles. The standard InChI is InChI=1S/C16H23N3OS/c1-3-4-5-8-11-17-15(20)12-21-16-18-13-9-6-7-10-14(13)19(16)2/h6-7,9-10H,3-5,8,11-12H2,1-2H3,(H,17,20). The molecule has 0 spiro atoms. The van der Waals surface area contributed by atoms with Crippen LogP contribution in [0.3, 0.4) is 0 Å². The number of amides is 1. The number of thioether (sulfide) groups is 1. The van der Waals surface area contributed by atoms with E-state index in [-0.39, 0.29) is 5.91 Å². The van der Waals surface area contributed by atoms with Crippen LogP contribution >= 0.6 is 11.8 Å². The second-order valence-electron chi connectivity index (χ2n) is 5.14. The van der Waals surface area contributed by atoms with Crippen LogP contribution in [-0.2, 0) is 11.8 Å². The Labute approximate surface area is 130 Å². The number of rotatable bonds is 8. The van der Waals surface area contributed by atoms with Crippen LogP contribution < -0.4 is 5.32 Å². The Morgan fingerprint density at radius 3 is 2.86 bits per heavy atom. The molecule has 5 heteroatoms. The molecule has 0 aliphatic heterocycles. The number of nitrogens with one attached hydrogen (secondary N) is 1. The first-order valence-electron chi connectivity index (χ1n) is 7.53. The summed E-state index contributed by atoms with van der Waals surface area (Å²) in [5, 5.41) is 3.85. The summed E-state index contributed by atoms with van der Waals surface area (Å²) in [5.41, 5.74) is 2.07. The Bertz CT molecular complexity index is 594. The summed E-state index contributed by atoms with van der Waals surface area (Å²) in [5.74, 6) is 0.508. The summed E-state index contributed by atoms with van der Waals surface area (Å²) in [4.78, 5) is 16.4. The van der Waals surface area contributed by atoms with Crippen molar-refractivity contribution < 1.29 is 4.79 Å². The Morgan fingerprint density at radius 1 is 1.29 bits per heavy atom. The zero-order valence-corrected chi connectivity index (χ0v) is 13.6. The van der Waals surface area contributed by atoms with Gasteiger partial charge >= 0.3 is 0 Å². The number of nitrogens with zero attached hydrogens (tertiary/aromatic N) is 2. The van der Waals surface area contributed by atoms with Crippen molar-refractivity contribution >= 4 is 28.7 Å². The SMILES string of the molecule is CCCCCCNC(=O)CSc1nc2ccccc2n1C. The summed E-state index contributed by atoms with van der Waals surface area (Å²) in [6.07, 6.45) is 4.71. The zero-order valence-electron chi connectivity index (χ0n) is 12.8. The number of para-hydroxylation sites is 2. The van der Waals surface area contributed by atoms with Crippen LogP contribution in [0.15, 0.2) is 29.4 Å². The third kappa shape index (κ3) is 4.49. The first-order chi connectivity index (χ1) is 10.2. The van der Waals surface area contributed by atoms with Gasteiger partial charge in [0.1, 0.15) is 0 Å². The zero-order chi connectivity index (χ0) is 15.1. The predicted molar refractivity (Wildman–Crippen MR) is 88.6 cm³/mol. The van der Waals surface area contributed by atoms with E-state index in [0.29, 0.717) is 5.75 Å². The lowest BCUT2D eigenvalue weighted by molar-refractivity contribution is -0.118. The number of carbonyl (C=O) groups is 1. The van der Waals surface area contributed by atoms with Crippen LogP contribution in [0, 0.1) is 0 Å². The van der Waals surface area contributed by atoms with Gasteiger partial charge in [-0.3, -0.25) is 4.79 Å². The van der Waals surface area contributed by atoms with E-state index in [2.05, 4.69) is 17.2 Å². The minimum absolute atomic E-state index is 0.0866. The van der Waals surface area contributed by atoms with Crippen LogP contribution in [0.4, 0.5) is 0 Å². The van der Waals surface area contributed by atoms with Crippen LogP contribution in [-0.4, -0.2) is 27.8 Å². The quantitative estimate of drug-likeness (QED) is 0.601. The number of carbonyl (C=O) groups excluding carboxylic acids is 1. The lowest BCUT2D eigenvalue weighted by Gasteiger charge is -2.05. The van der Waals surface area contributed by atoms with E-state index in [1.807, 2.05) is 35.9 Å². The van der Waals surface area contributed by atoms with Crippen molar-refractivity contribution in [2.75, 3.05) is 12.3 Å². The maximum Gasteiger partial charge on any atom is 0.230 e. The van der Waals surface area contributed by atoms with Gasteiger partial charge in [0.05, 0.1) is 16.8 Å². The average Bonchev–Trinajstić information content (AvgIpc) is 2.82. The molecule has 0 unspecified atom stereocenters. The van der Waals surface area contributed by atoms with Gasteiger partial charge in [-0.05, 0) is 18.6 Å². The van der Waals surface area contributed by atoms with Crippen molar-refractivity contribution in [1.82, 2.24) is 14.9 Å². The van der Waals surface area contributed by atoms with Gasteiger partial charge in [0.15, 0.2) is 5.16 Å². The summed E-state index contributed by atoms with van der Waals surface area (Å²) in [7, 11) is 1.99. The number of hydrogen-bond acceptors (Lipinski definition) is 3. The second kappa shape index (κ2) is 8.08. The lowest BCUT2D eigenvalue weighted by atomic mass is 10.2. The smallest absolute Gasteiger partial charge is 0.230 e. The summed E-state index contributed by atoms with van der Waals surface area (Å²) in [6.45, 7) is 2.97. The minimum Gasteiger partial charge on any atom is -0.355 e. The molecule has 2 aromatic rings. The number of imidazole rings is 1. The first-order valence-corrected chi connectivity index (χ1v) is 8.52. The molecule has 0 saturated heterocycles. The number of hydrogen-bond donors (Lipinski definition) is 1. The Balaban J connectivity index is 1.79. The van der Waals surface area contributed by atoms with Gasteiger partial charge in [-0.25, -0.2) is 4.98 Å². The van der Waals surface area contributed by atoms with E-state index < -0.39 is 0 Å². The highest BCUT2D eigenvalue weighted by atomic mass is 32.2. The largest absolute Gasteiger partial charge is 0.355 e. The van der Waals surface area contributed by atoms with E-state index in [0.717, 1.165) is 29.2 Å². The molecule has 1 N–H and O–H groups in total. The highest BCUT2D eigenvalue weighted by Gasteiger charge is 2.09. The number of aryl methyl sites for hydroxylation is 1. The summed E-state index contributed by atoms with van der Waals surface area (Å²) >= 11 is 1.49. The topological polar surface area (TPSA) is 46.9 Å². The molecular weight excluding hydrogens is 282 g/mol. The normalized spacial score (nSPS) is 11.0. The highest BCUT2D eigenvalue weighted by Crippen LogP contribution is 2.22. The van der Waals surface area contributed by atoms with E-state index in [1.165, 1.54) is 31.0 Å². The van der Waals surface area contributed by atoms with Gasteiger partial charge in [0, 0.05) is 13.6 Å². The third-order valence-corrected chi connectivity index (χ3v) is 4.46. The molecule has 0 aliphatic carbocycles. The molecule has 1 aromatic heterocycles. The molecule has 0 saturated carbocycles. The van der Waals surface area contributed by atoms with Gasteiger partial charge in [-0.2, -0.15) is 0 Å². The van der Waals surface area contributed by atoms with Gasteiger partial charge in [-0.15, -0.1) is 0 Å². The molecule has 0 fully saturated rings. The van der Waals surface area contributed by atoms with E-state index in [4.69, 9.17) is 0 Å². The van der Waals surface area contributed by atoms with Crippen molar-refractivity contribution in [3.8, 4) is 0 Å². The van der Waals surface area contributed by atoms with Crippen LogP contribution in [0.1, 0.15) is 32.6 Å². The van der Waals surface area contributed by atoms with Crippen molar-refractivity contribution in [2.45, 2.75) is 37.8 Å². The van der Waals surface area contributed by atoms with Crippen molar-refractivity contribution in [3.05, 3.63) is 24.3 Å². The van der Waals surface area contributed by atoms with Crippen molar-refractivity contribution in [3.63, 3.8) is 0 Å². The van der Waals surface area contributed by atoms with Gasteiger partial charge in [0.25, 0.3) is 0 Å². The number of unbranched alkanes of at least 4 members (excludes halogenated alkanes) is 3. The van der Waals surface area contributed by atoms with E-state index in [1.54, 1.807) is 0 Å². The van der Waals surface area contributed by atoms with Gasteiger partial charge < -0.3 is 9.88 Å². The van der Waals surface area contributed by atoms with E-state index >= 15 is 0 Å². The molecule has 0 aliphatic rings. The van der Waals surface area contributed by atoms with Crippen molar-refractivity contribution in [2.24, 2.45) is 7.05 Å². The fourth-order valence-electron chi connectivity index (χ4n) is 2.21. The maximum absolute atomic E-state index is 11.8. The molecule has 2 rings (SSSR count). The lowest BCUT2D eigenvalue weighted by Crippen LogP contribution is -2.26. The summed E-state index contributed by atoms with van der Waals surface area (Å²) < 4.78 is 2.04. The minimum atomic E-state index is 0.0866. The Hall–Kier alpha value is -1.49. The molecular formula is C16H23N3OS. The molecule has 1 amide bonds. The third-order valence-electron chi connectivity index (χ3n) is 3.43. The predicted octanol–water partition coefficient (Wildman–Crippen LogP) is 3.36. The molecule has 0 bridgehead atoms. The van der Waals surface area contributed by atoms with Crippen LogP contribution in [0.5, 0.6) is 0 Å². The second-order valence-corrected chi connectivity index (χ2v) is 6.08. The molecule has 21 heavy (non-hydrogen) atoms. The van der Waals surface area contributed by atoms with Gasteiger partial charge in [-0.1, -0.05) is 50.1 Å². The molecule has 1 heterocycles.